The zero-order valence-electron chi connectivity index (χ0n) is 9.91. The van der Waals surface area contributed by atoms with E-state index in [-0.39, 0.29) is 12.5 Å². The van der Waals surface area contributed by atoms with Crippen LogP contribution in [0.3, 0.4) is 0 Å². The minimum absolute atomic E-state index is 0.160. The Hall–Kier alpha value is -0.610. The monoisotopic (exact) mass is 226 g/mol. The van der Waals surface area contributed by atoms with Crippen molar-refractivity contribution in [3.63, 3.8) is 0 Å². The van der Waals surface area contributed by atoms with E-state index in [4.69, 9.17) is 4.74 Å². The average molecular weight is 226 g/mol. The Kier molecular flexibility index (Phi) is 4.60. The molecule has 2 saturated heterocycles. The molecule has 1 atom stereocenters. The minimum Gasteiger partial charge on any atom is -0.370 e. The van der Waals surface area contributed by atoms with Crippen LogP contribution in [0.2, 0.25) is 0 Å². The molecule has 2 rings (SSSR count). The summed E-state index contributed by atoms with van der Waals surface area (Å²) >= 11 is 0. The highest BCUT2D eigenvalue weighted by Crippen LogP contribution is 2.09. The zero-order valence-corrected chi connectivity index (χ0v) is 9.91. The third-order valence-corrected chi connectivity index (χ3v) is 3.42. The van der Waals surface area contributed by atoms with E-state index in [0.29, 0.717) is 12.6 Å². The lowest BCUT2D eigenvalue weighted by Gasteiger charge is -2.23. The molecule has 0 bridgehead atoms. The second-order valence-electron chi connectivity index (χ2n) is 4.75. The van der Waals surface area contributed by atoms with E-state index in [1.807, 2.05) is 4.90 Å². The summed E-state index contributed by atoms with van der Waals surface area (Å²) in [5.41, 5.74) is 0. The van der Waals surface area contributed by atoms with E-state index in [9.17, 15) is 4.79 Å². The van der Waals surface area contributed by atoms with Crippen molar-refractivity contribution in [3.8, 4) is 0 Å². The molecule has 16 heavy (non-hydrogen) atoms. The van der Waals surface area contributed by atoms with Gasteiger partial charge in [-0.1, -0.05) is 6.42 Å². The molecule has 2 aliphatic rings. The third kappa shape index (κ3) is 3.46. The van der Waals surface area contributed by atoms with E-state index in [0.717, 1.165) is 32.5 Å². The number of nitrogens with one attached hydrogen (secondary N) is 1. The number of hydrogen-bond donors (Lipinski definition) is 1. The lowest BCUT2D eigenvalue weighted by molar-refractivity contribution is -0.135. The van der Waals surface area contributed by atoms with E-state index >= 15 is 0 Å². The summed E-state index contributed by atoms with van der Waals surface area (Å²) in [5, 5.41) is 3.41. The van der Waals surface area contributed by atoms with Gasteiger partial charge in [-0.15, -0.1) is 0 Å². The van der Waals surface area contributed by atoms with Gasteiger partial charge < -0.3 is 15.0 Å². The number of piperidine rings is 1. The molecule has 0 aromatic heterocycles. The van der Waals surface area contributed by atoms with Crippen LogP contribution in [-0.2, 0) is 9.53 Å². The van der Waals surface area contributed by atoms with Gasteiger partial charge in [0.15, 0.2) is 0 Å². The summed E-state index contributed by atoms with van der Waals surface area (Å²) < 4.78 is 5.49. The molecule has 4 nitrogen and oxygen atoms in total. The van der Waals surface area contributed by atoms with Crippen LogP contribution in [0.15, 0.2) is 0 Å². The van der Waals surface area contributed by atoms with Gasteiger partial charge in [0.25, 0.3) is 0 Å². The molecule has 1 amide bonds. The quantitative estimate of drug-likeness (QED) is 0.770. The van der Waals surface area contributed by atoms with E-state index in [2.05, 4.69) is 5.32 Å². The number of carbonyl (C=O) groups is 1. The molecule has 1 unspecified atom stereocenters. The number of ether oxygens (including phenoxy) is 1. The molecular weight excluding hydrogens is 204 g/mol. The van der Waals surface area contributed by atoms with Crippen LogP contribution < -0.4 is 5.32 Å². The Labute approximate surface area is 97.3 Å². The number of amides is 1. The lowest BCUT2D eigenvalue weighted by Crippen LogP contribution is -2.39. The van der Waals surface area contributed by atoms with Crippen LogP contribution in [0.4, 0.5) is 0 Å². The molecule has 1 N–H and O–H groups in total. The van der Waals surface area contributed by atoms with Crippen molar-refractivity contribution in [2.24, 2.45) is 0 Å². The second kappa shape index (κ2) is 6.21. The van der Waals surface area contributed by atoms with Gasteiger partial charge in [-0.2, -0.15) is 0 Å². The maximum Gasteiger partial charge on any atom is 0.248 e. The van der Waals surface area contributed by atoms with Crippen molar-refractivity contribution >= 4 is 5.91 Å². The maximum atomic E-state index is 11.7. The van der Waals surface area contributed by atoms with Crippen molar-refractivity contribution in [1.82, 2.24) is 10.2 Å². The summed E-state index contributed by atoms with van der Waals surface area (Å²) in [4.78, 5) is 13.6. The fourth-order valence-corrected chi connectivity index (χ4v) is 2.41. The largest absolute Gasteiger partial charge is 0.370 e. The second-order valence-corrected chi connectivity index (χ2v) is 4.75. The Morgan fingerprint density at radius 3 is 2.75 bits per heavy atom. The molecule has 0 aliphatic carbocycles. The molecule has 0 radical (unpaired) electrons. The van der Waals surface area contributed by atoms with Gasteiger partial charge >= 0.3 is 0 Å². The summed E-state index contributed by atoms with van der Waals surface area (Å²) in [6.07, 6.45) is 6.02. The number of nitrogens with zero attached hydrogens (tertiary/aromatic N) is 1. The van der Waals surface area contributed by atoms with Gasteiger partial charge in [0, 0.05) is 19.1 Å². The zero-order chi connectivity index (χ0) is 11.2. The summed E-state index contributed by atoms with van der Waals surface area (Å²) in [6.45, 7) is 3.87. The van der Waals surface area contributed by atoms with Gasteiger partial charge in [0.1, 0.15) is 6.61 Å². The highest BCUT2D eigenvalue weighted by Gasteiger charge is 2.18. The number of likely N-dealkylation sites (tertiary alicyclic amines) is 1. The smallest absolute Gasteiger partial charge is 0.248 e. The average Bonchev–Trinajstić information content (AvgIpc) is 2.84. The number of hydrogen-bond acceptors (Lipinski definition) is 3. The fraction of sp³-hybridized carbons (Fsp3) is 0.917. The topological polar surface area (TPSA) is 41.6 Å². The molecular formula is C12H22N2O2. The van der Waals surface area contributed by atoms with Gasteiger partial charge in [0.2, 0.25) is 5.91 Å². The molecule has 0 saturated carbocycles. The van der Waals surface area contributed by atoms with Crippen LogP contribution in [0.1, 0.15) is 32.1 Å². The van der Waals surface area contributed by atoms with Crippen LogP contribution in [0.25, 0.3) is 0 Å². The molecule has 2 fully saturated rings. The Bertz CT molecular complexity index is 221. The van der Waals surface area contributed by atoms with Gasteiger partial charge in [-0.25, -0.2) is 0 Å². The Morgan fingerprint density at radius 1 is 1.25 bits per heavy atom. The fourth-order valence-electron chi connectivity index (χ4n) is 2.41. The maximum absolute atomic E-state index is 11.7. The summed E-state index contributed by atoms with van der Waals surface area (Å²) in [7, 11) is 0. The highest BCUT2D eigenvalue weighted by atomic mass is 16.5. The van der Waals surface area contributed by atoms with Crippen LogP contribution >= 0.6 is 0 Å². The third-order valence-electron chi connectivity index (χ3n) is 3.42. The van der Waals surface area contributed by atoms with Crippen LogP contribution in [0.5, 0.6) is 0 Å². The Morgan fingerprint density at radius 2 is 2.06 bits per heavy atom. The van der Waals surface area contributed by atoms with E-state index in [1.54, 1.807) is 0 Å². The predicted molar refractivity (Wildman–Crippen MR) is 62.3 cm³/mol. The predicted octanol–water partition coefficient (Wildman–Crippen LogP) is 0.767. The molecule has 92 valence electrons. The van der Waals surface area contributed by atoms with Crippen molar-refractivity contribution in [3.05, 3.63) is 0 Å². The number of rotatable bonds is 4. The SMILES string of the molecule is O=C(COCC1CCCCN1)N1CCCC1. The van der Waals surface area contributed by atoms with Crippen LogP contribution in [-0.4, -0.2) is 49.7 Å². The standard InChI is InChI=1S/C12H22N2O2/c15-12(14-7-3-4-8-14)10-16-9-11-5-1-2-6-13-11/h11,13H,1-10H2. The van der Waals surface area contributed by atoms with Gasteiger partial charge in [0.05, 0.1) is 6.61 Å². The van der Waals surface area contributed by atoms with Crippen molar-refractivity contribution in [2.75, 3.05) is 32.8 Å². The molecule has 0 aromatic rings. The summed E-state index contributed by atoms with van der Waals surface area (Å²) in [5.74, 6) is 0.160. The molecule has 4 heteroatoms. The van der Waals surface area contributed by atoms with Crippen molar-refractivity contribution < 1.29 is 9.53 Å². The lowest BCUT2D eigenvalue weighted by atomic mass is 10.1. The van der Waals surface area contributed by atoms with Crippen molar-refractivity contribution in [1.29, 1.82) is 0 Å². The van der Waals surface area contributed by atoms with E-state index < -0.39 is 0 Å². The highest BCUT2D eigenvalue weighted by molar-refractivity contribution is 5.77. The Balaban J connectivity index is 1.57. The van der Waals surface area contributed by atoms with Crippen molar-refractivity contribution in [2.45, 2.75) is 38.1 Å². The van der Waals surface area contributed by atoms with E-state index in [1.165, 1.54) is 19.3 Å². The van der Waals surface area contributed by atoms with Gasteiger partial charge in [-0.3, -0.25) is 4.79 Å². The first-order valence-electron chi connectivity index (χ1n) is 6.45. The number of carbonyl (C=O) groups excluding carboxylic acids is 1. The normalized spacial score (nSPS) is 26.0. The first kappa shape index (κ1) is 11.9. The molecule has 2 aliphatic heterocycles. The first-order chi connectivity index (χ1) is 7.86. The van der Waals surface area contributed by atoms with Gasteiger partial charge in [-0.05, 0) is 32.2 Å². The van der Waals surface area contributed by atoms with Crippen LogP contribution in [0, 0.1) is 0 Å². The molecule has 0 aromatic carbocycles. The molecule has 0 spiro atoms. The first-order valence-corrected chi connectivity index (χ1v) is 6.45. The molecule has 2 heterocycles. The minimum atomic E-state index is 0.160. The summed E-state index contributed by atoms with van der Waals surface area (Å²) in [6, 6.07) is 0.458.